The van der Waals surface area contributed by atoms with Crippen molar-refractivity contribution in [3.05, 3.63) is 40.1 Å². The Kier molecular flexibility index (Phi) is 4.80. The fourth-order valence-corrected chi connectivity index (χ4v) is 3.08. The molecule has 0 saturated heterocycles. The minimum atomic E-state index is 0.400. The zero-order valence-electron chi connectivity index (χ0n) is 9.94. The first-order chi connectivity index (χ1) is 8.74. The summed E-state index contributed by atoms with van der Waals surface area (Å²) in [5.74, 6) is 0.400. The summed E-state index contributed by atoms with van der Waals surface area (Å²) >= 11 is 13.4. The molecule has 0 atom stereocenters. The molecular weight excluding hydrogens is 289 g/mol. The molecule has 6 heteroatoms. The Hall–Kier alpha value is -0.840. The fourth-order valence-electron chi connectivity index (χ4n) is 1.54. The van der Waals surface area contributed by atoms with E-state index in [2.05, 4.69) is 21.8 Å². The predicted molar refractivity (Wildman–Crippen MR) is 77.6 cm³/mol. The molecule has 0 unspecified atom stereocenters. The third kappa shape index (κ3) is 3.13. The molecule has 0 radical (unpaired) electrons. The second kappa shape index (κ2) is 6.36. The molecule has 0 aliphatic rings. The average molecular weight is 302 g/mol. The molecule has 2 aromatic rings. The highest BCUT2D eigenvalue weighted by molar-refractivity contribution is 7.16. The van der Waals surface area contributed by atoms with Crippen LogP contribution in [0.2, 0.25) is 5.15 Å². The number of aromatic nitrogens is 2. The van der Waals surface area contributed by atoms with Crippen molar-refractivity contribution < 1.29 is 0 Å². The van der Waals surface area contributed by atoms with Crippen LogP contribution < -0.4 is 4.90 Å². The highest BCUT2D eigenvalue weighted by Crippen LogP contribution is 2.31. The molecule has 0 N–H and O–H groups in total. The molecular formula is C12H13Cl2N3S. The van der Waals surface area contributed by atoms with Crippen molar-refractivity contribution in [2.24, 2.45) is 0 Å². The molecule has 0 spiro atoms. The third-order valence-corrected chi connectivity index (χ3v) is 4.46. The quantitative estimate of drug-likeness (QED) is 0.783. The Labute approximate surface area is 120 Å². The van der Waals surface area contributed by atoms with E-state index in [1.54, 1.807) is 6.20 Å². The Morgan fingerprint density at radius 2 is 2.22 bits per heavy atom. The number of halogens is 2. The first kappa shape index (κ1) is 13.6. The van der Waals surface area contributed by atoms with Crippen LogP contribution in [0.4, 0.5) is 5.13 Å². The van der Waals surface area contributed by atoms with Gasteiger partial charge in [0.2, 0.25) is 0 Å². The van der Waals surface area contributed by atoms with Crippen LogP contribution >= 0.6 is 34.5 Å². The highest BCUT2D eigenvalue weighted by atomic mass is 35.5. The Morgan fingerprint density at radius 3 is 2.78 bits per heavy atom. The van der Waals surface area contributed by atoms with E-state index in [-0.39, 0.29) is 0 Å². The second-order valence-electron chi connectivity index (χ2n) is 3.68. The smallest absolute Gasteiger partial charge is 0.187 e. The number of nitrogens with zero attached hydrogens (tertiary/aromatic N) is 3. The van der Waals surface area contributed by atoms with E-state index in [0.29, 0.717) is 11.0 Å². The lowest BCUT2D eigenvalue weighted by Gasteiger charge is -2.18. The van der Waals surface area contributed by atoms with Crippen molar-refractivity contribution >= 4 is 39.7 Å². The Bertz CT molecular complexity index is 501. The van der Waals surface area contributed by atoms with Crippen LogP contribution in [0, 0.1) is 0 Å². The van der Waals surface area contributed by atoms with Gasteiger partial charge in [0.05, 0.1) is 23.0 Å². The topological polar surface area (TPSA) is 29.0 Å². The van der Waals surface area contributed by atoms with Gasteiger partial charge in [-0.05, 0) is 19.1 Å². The first-order valence-corrected chi connectivity index (χ1v) is 7.33. The Balaban J connectivity index is 2.17. The van der Waals surface area contributed by atoms with Gasteiger partial charge in [-0.15, -0.1) is 11.6 Å². The maximum Gasteiger partial charge on any atom is 0.187 e. The van der Waals surface area contributed by atoms with Gasteiger partial charge in [0.25, 0.3) is 0 Å². The largest absolute Gasteiger partial charge is 0.342 e. The zero-order valence-corrected chi connectivity index (χ0v) is 12.3. The number of alkyl halides is 1. The van der Waals surface area contributed by atoms with Gasteiger partial charge >= 0.3 is 0 Å². The minimum Gasteiger partial charge on any atom is -0.342 e. The number of hydrogen-bond donors (Lipinski definition) is 0. The van der Waals surface area contributed by atoms with Crippen molar-refractivity contribution in [3.63, 3.8) is 0 Å². The number of hydrogen-bond acceptors (Lipinski definition) is 4. The summed E-state index contributed by atoms with van der Waals surface area (Å²) in [5, 5.41) is 1.40. The van der Waals surface area contributed by atoms with Crippen LogP contribution in [-0.4, -0.2) is 16.5 Å². The van der Waals surface area contributed by atoms with Crippen molar-refractivity contribution in [2.75, 3.05) is 11.4 Å². The van der Waals surface area contributed by atoms with E-state index in [9.17, 15) is 0 Å². The molecule has 96 valence electrons. The Morgan fingerprint density at radius 1 is 1.39 bits per heavy atom. The van der Waals surface area contributed by atoms with Gasteiger partial charge in [0.1, 0.15) is 5.15 Å². The van der Waals surface area contributed by atoms with E-state index in [4.69, 9.17) is 23.2 Å². The second-order valence-corrected chi connectivity index (χ2v) is 5.37. The maximum atomic E-state index is 6.02. The third-order valence-electron chi connectivity index (χ3n) is 2.49. The molecule has 0 aliphatic carbocycles. The molecule has 0 fully saturated rings. The number of thiazole rings is 1. The van der Waals surface area contributed by atoms with E-state index in [1.807, 2.05) is 18.2 Å². The minimum absolute atomic E-state index is 0.400. The van der Waals surface area contributed by atoms with Gasteiger partial charge in [-0.2, -0.15) is 0 Å². The summed E-state index contributed by atoms with van der Waals surface area (Å²) in [7, 11) is 0. The number of pyridine rings is 1. The number of anilines is 1. The predicted octanol–water partition coefficient (Wildman–Crippen LogP) is 3.96. The molecule has 2 heterocycles. The van der Waals surface area contributed by atoms with Gasteiger partial charge in [-0.25, -0.2) is 4.98 Å². The molecule has 18 heavy (non-hydrogen) atoms. The summed E-state index contributed by atoms with van der Waals surface area (Å²) in [6.07, 6.45) is 1.79. The monoisotopic (exact) mass is 301 g/mol. The van der Waals surface area contributed by atoms with Crippen molar-refractivity contribution in [3.8, 4) is 0 Å². The molecule has 3 nitrogen and oxygen atoms in total. The fraction of sp³-hybridized carbons (Fsp3) is 0.333. The lowest BCUT2D eigenvalue weighted by molar-refractivity contribution is 0.805. The van der Waals surface area contributed by atoms with Crippen LogP contribution in [0.15, 0.2) is 24.4 Å². The summed E-state index contributed by atoms with van der Waals surface area (Å²) in [5.41, 5.74) is 1.01. The lowest BCUT2D eigenvalue weighted by atomic mass is 10.3. The standard InChI is InChI=1S/C12H13Cl2N3S/c1-2-17(8-9-5-3-4-6-15-9)12-16-11(14)10(7-13)18-12/h3-6H,2,7-8H2,1H3. The van der Waals surface area contributed by atoms with Gasteiger partial charge in [0, 0.05) is 12.7 Å². The van der Waals surface area contributed by atoms with E-state index in [1.165, 1.54) is 11.3 Å². The molecule has 0 bridgehead atoms. The van der Waals surface area contributed by atoms with Crippen molar-refractivity contribution in [1.29, 1.82) is 0 Å². The molecule has 2 aromatic heterocycles. The van der Waals surface area contributed by atoms with Gasteiger partial charge in [-0.1, -0.05) is 29.0 Å². The molecule has 0 aliphatic heterocycles. The van der Waals surface area contributed by atoms with Crippen LogP contribution in [0.1, 0.15) is 17.5 Å². The zero-order chi connectivity index (χ0) is 13.0. The SMILES string of the molecule is CCN(Cc1ccccn1)c1nc(Cl)c(CCl)s1. The van der Waals surface area contributed by atoms with Crippen LogP contribution in [0.3, 0.4) is 0 Å². The van der Waals surface area contributed by atoms with Crippen molar-refractivity contribution in [1.82, 2.24) is 9.97 Å². The van der Waals surface area contributed by atoms with Gasteiger partial charge in [0.15, 0.2) is 5.13 Å². The van der Waals surface area contributed by atoms with Gasteiger partial charge in [-0.3, -0.25) is 4.98 Å². The van der Waals surface area contributed by atoms with Crippen molar-refractivity contribution in [2.45, 2.75) is 19.3 Å². The number of rotatable bonds is 5. The molecule has 2 rings (SSSR count). The molecule has 0 amide bonds. The highest BCUT2D eigenvalue weighted by Gasteiger charge is 2.14. The molecule has 0 aromatic carbocycles. The van der Waals surface area contributed by atoms with Crippen LogP contribution in [0.25, 0.3) is 0 Å². The van der Waals surface area contributed by atoms with E-state index in [0.717, 1.165) is 28.8 Å². The normalized spacial score (nSPS) is 10.6. The summed E-state index contributed by atoms with van der Waals surface area (Å²) in [6, 6.07) is 5.89. The summed E-state index contributed by atoms with van der Waals surface area (Å²) < 4.78 is 0. The first-order valence-electron chi connectivity index (χ1n) is 5.60. The van der Waals surface area contributed by atoms with Gasteiger partial charge < -0.3 is 4.90 Å². The average Bonchev–Trinajstić information content (AvgIpc) is 2.78. The van der Waals surface area contributed by atoms with E-state index < -0.39 is 0 Å². The van der Waals surface area contributed by atoms with E-state index >= 15 is 0 Å². The lowest BCUT2D eigenvalue weighted by Crippen LogP contribution is -2.22. The van der Waals surface area contributed by atoms with Crippen LogP contribution in [0.5, 0.6) is 0 Å². The summed E-state index contributed by atoms with van der Waals surface area (Å²) in [4.78, 5) is 11.7. The molecule has 0 saturated carbocycles. The van der Waals surface area contributed by atoms with Crippen LogP contribution in [-0.2, 0) is 12.4 Å². The maximum absolute atomic E-state index is 6.02. The summed E-state index contributed by atoms with van der Waals surface area (Å²) in [6.45, 7) is 3.66.